The Balaban J connectivity index is 0.00000196. The van der Waals surface area contributed by atoms with Crippen molar-refractivity contribution in [2.75, 3.05) is 0 Å². The minimum atomic E-state index is -4.40. The molecule has 1 nitrogen and oxygen atoms in total. The molecule has 0 aliphatic heterocycles. The molecule has 0 aliphatic carbocycles. The van der Waals surface area contributed by atoms with E-state index in [0.29, 0.717) is 4.88 Å². The lowest BCUT2D eigenvalue weighted by molar-refractivity contribution is -0.137. The molecule has 0 saturated carbocycles. The molecule has 2 heterocycles. The third kappa shape index (κ3) is 3.20. The Morgan fingerprint density at radius 3 is 2.31 bits per heavy atom. The molecule has 0 spiro atoms. The molecule has 6 heteroatoms. The van der Waals surface area contributed by atoms with E-state index >= 15 is 0 Å². The van der Waals surface area contributed by atoms with Crippen LogP contribution in [0.4, 0.5) is 13.2 Å². The van der Waals surface area contributed by atoms with Crippen molar-refractivity contribution in [3.8, 4) is 21.6 Å². The van der Waals surface area contributed by atoms with Gasteiger partial charge < -0.3 is 0 Å². The summed E-state index contributed by atoms with van der Waals surface area (Å²) in [5.74, 6) is 0. The highest BCUT2D eigenvalue weighted by atomic mass is 35.5. The summed E-state index contributed by atoms with van der Waals surface area (Å²) in [5.41, 5.74) is 1.19. The largest absolute Gasteiger partial charge is 0.417 e. The summed E-state index contributed by atoms with van der Waals surface area (Å²) in [4.78, 5) is 4.75. The van der Waals surface area contributed by atoms with Crippen LogP contribution in [0.25, 0.3) is 31.7 Å². The van der Waals surface area contributed by atoms with Crippen LogP contribution in [0.1, 0.15) is 5.56 Å². The van der Waals surface area contributed by atoms with Gasteiger partial charge in [-0.25, -0.2) is 0 Å². The SMILES string of the molecule is Cl.FC(F)(F)c1ccccc1-c1sc2ccccc2c1-c1cccnc1. The standard InChI is InChI=1S/C20H12F3NS.ClH/c21-20(22,23)16-9-3-1-7-14(16)19-18(13-6-5-11-24-12-13)15-8-2-4-10-17(15)25-19;/h1-12H;1H. The molecule has 132 valence electrons. The smallest absolute Gasteiger partial charge is 0.264 e. The van der Waals surface area contributed by atoms with Crippen molar-refractivity contribution in [3.63, 3.8) is 0 Å². The van der Waals surface area contributed by atoms with Gasteiger partial charge in [0.05, 0.1) is 5.56 Å². The number of nitrogens with zero attached hydrogens (tertiary/aromatic N) is 1. The van der Waals surface area contributed by atoms with Crippen LogP contribution in [0.15, 0.2) is 73.1 Å². The van der Waals surface area contributed by atoms with E-state index in [1.54, 1.807) is 24.5 Å². The summed E-state index contributed by atoms with van der Waals surface area (Å²) in [6.45, 7) is 0. The molecule has 0 unspecified atom stereocenters. The average molecular weight is 392 g/mol. The number of alkyl halides is 3. The van der Waals surface area contributed by atoms with Crippen LogP contribution in [-0.2, 0) is 6.18 Å². The van der Waals surface area contributed by atoms with Gasteiger partial charge >= 0.3 is 6.18 Å². The van der Waals surface area contributed by atoms with Gasteiger partial charge in [-0.2, -0.15) is 13.2 Å². The minimum Gasteiger partial charge on any atom is -0.264 e. The molecule has 0 aliphatic rings. The molecule has 0 saturated heterocycles. The van der Waals surface area contributed by atoms with Crippen LogP contribution in [-0.4, -0.2) is 4.98 Å². The Morgan fingerprint density at radius 2 is 1.58 bits per heavy atom. The zero-order valence-corrected chi connectivity index (χ0v) is 15.0. The number of fused-ring (bicyclic) bond motifs is 1. The third-order valence-corrected chi connectivity index (χ3v) is 5.23. The van der Waals surface area contributed by atoms with E-state index in [1.165, 1.54) is 23.5 Å². The number of thiophene rings is 1. The monoisotopic (exact) mass is 391 g/mol. The van der Waals surface area contributed by atoms with Gasteiger partial charge in [-0.3, -0.25) is 4.98 Å². The summed E-state index contributed by atoms with van der Waals surface area (Å²) in [7, 11) is 0. The van der Waals surface area contributed by atoms with Crippen molar-refractivity contribution in [3.05, 3.63) is 78.6 Å². The number of rotatable bonds is 2. The first kappa shape index (κ1) is 18.4. The van der Waals surface area contributed by atoms with Crippen LogP contribution in [0.3, 0.4) is 0 Å². The average Bonchev–Trinajstić information content (AvgIpc) is 3.01. The van der Waals surface area contributed by atoms with Gasteiger partial charge in [-0.05, 0) is 18.2 Å². The Kier molecular flexibility index (Phi) is 5.03. The number of hydrogen-bond acceptors (Lipinski definition) is 2. The van der Waals surface area contributed by atoms with Crippen LogP contribution in [0.2, 0.25) is 0 Å². The van der Waals surface area contributed by atoms with E-state index in [1.807, 2.05) is 30.3 Å². The normalized spacial score (nSPS) is 11.3. The van der Waals surface area contributed by atoms with Crippen molar-refractivity contribution in [2.45, 2.75) is 6.18 Å². The summed E-state index contributed by atoms with van der Waals surface area (Å²) >= 11 is 1.37. The highest BCUT2D eigenvalue weighted by molar-refractivity contribution is 7.23. The second-order valence-corrected chi connectivity index (χ2v) is 6.64. The molecule has 0 radical (unpaired) electrons. The van der Waals surface area contributed by atoms with Crippen LogP contribution < -0.4 is 0 Å². The molecule has 2 aromatic heterocycles. The Bertz CT molecular complexity index is 1040. The zero-order valence-electron chi connectivity index (χ0n) is 13.3. The van der Waals surface area contributed by atoms with E-state index in [0.717, 1.165) is 27.3 Å². The molecule has 0 atom stereocenters. The first-order valence-corrected chi connectivity index (χ1v) is 8.46. The molecule has 26 heavy (non-hydrogen) atoms. The Hall–Kier alpha value is -2.37. The maximum absolute atomic E-state index is 13.5. The van der Waals surface area contributed by atoms with E-state index in [4.69, 9.17) is 0 Å². The highest BCUT2D eigenvalue weighted by Crippen LogP contribution is 2.47. The van der Waals surface area contributed by atoms with Gasteiger partial charge in [-0.15, -0.1) is 23.7 Å². The van der Waals surface area contributed by atoms with Gasteiger partial charge in [0.25, 0.3) is 0 Å². The highest BCUT2D eigenvalue weighted by Gasteiger charge is 2.34. The van der Waals surface area contributed by atoms with E-state index in [-0.39, 0.29) is 18.0 Å². The van der Waals surface area contributed by atoms with Gasteiger partial charge in [0, 0.05) is 44.0 Å². The number of hydrogen-bond donors (Lipinski definition) is 0. The predicted octanol–water partition coefficient (Wildman–Crippen LogP) is 7.07. The number of halogens is 4. The first-order chi connectivity index (χ1) is 12.1. The fourth-order valence-corrected chi connectivity index (χ4v) is 4.23. The molecule has 2 aromatic carbocycles. The second kappa shape index (κ2) is 7.09. The van der Waals surface area contributed by atoms with E-state index < -0.39 is 11.7 Å². The maximum Gasteiger partial charge on any atom is 0.417 e. The molecule has 4 rings (SSSR count). The quantitative estimate of drug-likeness (QED) is 0.356. The number of pyridine rings is 1. The number of benzene rings is 2. The van der Waals surface area contributed by atoms with Crippen LogP contribution in [0.5, 0.6) is 0 Å². The molecule has 4 aromatic rings. The van der Waals surface area contributed by atoms with Gasteiger partial charge in [0.1, 0.15) is 0 Å². The summed E-state index contributed by atoms with van der Waals surface area (Å²) in [5, 5.41) is 0.937. The fourth-order valence-electron chi connectivity index (χ4n) is 2.96. The van der Waals surface area contributed by atoms with Crippen molar-refractivity contribution in [2.24, 2.45) is 0 Å². The fraction of sp³-hybridized carbons (Fsp3) is 0.0500. The summed E-state index contributed by atoms with van der Waals surface area (Å²) in [6, 6.07) is 17.1. The molecule has 0 bridgehead atoms. The first-order valence-electron chi connectivity index (χ1n) is 7.64. The molecule has 0 fully saturated rings. The Morgan fingerprint density at radius 1 is 0.846 bits per heavy atom. The van der Waals surface area contributed by atoms with Gasteiger partial charge in [0.15, 0.2) is 0 Å². The Labute approximate surface area is 158 Å². The van der Waals surface area contributed by atoms with Crippen molar-refractivity contribution in [1.29, 1.82) is 0 Å². The van der Waals surface area contributed by atoms with Gasteiger partial charge in [-0.1, -0.05) is 42.5 Å². The van der Waals surface area contributed by atoms with Gasteiger partial charge in [0.2, 0.25) is 0 Å². The third-order valence-electron chi connectivity index (χ3n) is 4.02. The minimum absolute atomic E-state index is 0. The lowest BCUT2D eigenvalue weighted by Crippen LogP contribution is -2.06. The summed E-state index contributed by atoms with van der Waals surface area (Å²) < 4.78 is 41.5. The van der Waals surface area contributed by atoms with Crippen molar-refractivity contribution < 1.29 is 13.2 Å². The zero-order chi connectivity index (χ0) is 17.4. The molecular weight excluding hydrogens is 379 g/mol. The van der Waals surface area contributed by atoms with Crippen LogP contribution in [0, 0.1) is 0 Å². The van der Waals surface area contributed by atoms with E-state index in [2.05, 4.69) is 4.98 Å². The van der Waals surface area contributed by atoms with Crippen molar-refractivity contribution in [1.82, 2.24) is 4.98 Å². The van der Waals surface area contributed by atoms with Crippen LogP contribution >= 0.6 is 23.7 Å². The second-order valence-electron chi connectivity index (χ2n) is 5.59. The number of aromatic nitrogens is 1. The lowest BCUT2D eigenvalue weighted by Gasteiger charge is -2.13. The van der Waals surface area contributed by atoms with E-state index in [9.17, 15) is 13.2 Å². The molecule has 0 amide bonds. The predicted molar refractivity (Wildman–Crippen MR) is 103 cm³/mol. The van der Waals surface area contributed by atoms with Crippen molar-refractivity contribution >= 4 is 33.8 Å². The molecule has 0 N–H and O–H groups in total. The summed E-state index contributed by atoms with van der Waals surface area (Å²) in [6.07, 6.45) is -1.06. The lowest BCUT2D eigenvalue weighted by atomic mass is 9.97. The molecular formula is C20H13ClF3NS. The maximum atomic E-state index is 13.5. The topological polar surface area (TPSA) is 12.9 Å².